The third kappa shape index (κ3) is 5.64. The molecule has 1 N–H and O–H groups in total. The summed E-state index contributed by atoms with van der Waals surface area (Å²) in [6.07, 6.45) is -2.98. The van der Waals surface area contributed by atoms with Gasteiger partial charge in [-0.15, -0.1) is 0 Å². The van der Waals surface area contributed by atoms with Crippen LogP contribution in [0.1, 0.15) is 63.1 Å². The number of halogens is 3. The molecule has 0 unspecified atom stereocenters. The Bertz CT molecular complexity index is 975. The van der Waals surface area contributed by atoms with Crippen molar-refractivity contribution >= 4 is 11.6 Å². The molecule has 0 aliphatic carbocycles. The largest absolute Gasteiger partial charge is 0.416 e. The van der Waals surface area contributed by atoms with Gasteiger partial charge in [0.1, 0.15) is 5.60 Å². The minimum absolute atomic E-state index is 0.197. The van der Waals surface area contributed by atoms with Crippen LogP contribution in [0.4, 0.5) is 13.2 Å². The second-order valence-corrected chi connectivity index (χ2v) is 8.60. The minimum Gasteiger partial charge on any atom is -0.382 e. The number of nitrogens with zero attached hydrogens (tertiary/aromatic N) is 1. The smallest absolute Gasteiger partial charge is 0.382 e. The monoisotopic (exact) mass is 447 g/mol. The van der Waals surface area contributed by atoms with Gasteiger partial charge in [0.2, 0.25) is 0 Å². The van der Waals surface area contributed by atoms with Crippen LogP contribution in [-0.4, -0.2) is 46.8 Å². The maximum atomic E-state index is 12.9. The van der Waals surface area contributed by atoms with Gasteiger partial charge < -0.3 is 10.0 Å². The fourth-order valence-electron chi connectivity index (χ4n) is 3.98. The van der Waals surface area contributed by atoms with Crippen LogP contribution in [0, 0.1) is 13.8 Å². The van der Waals surface area contributed by atoms with E-state index in [9.17, 15) is 27.9 Å². The van der Waals surface area contributed by atoms with E-state index in [0.29, 0.717) is 44.5 Å². The van der Waals surface area contributed by atoms with Gasteiger partial charge in [0, 0.05) is 30.6 Å². The summed E-state index contributed by atoms with van der Waals surface area (Å²) >= 11 is 0. The number of carbonyl (C=O) groups is 2. The number of hydrogen-bond acceptors (Lipinski definition) is 4. The number of carbonyl (C=O) groups excluding carboxylic acids is 2. The van der Waals surface area contributed by atoms with Crippen molar-refractivity contribution in [2.24, 2.45) is 0 Å². The van der Waals surface area contributed by atoms with Crippen LogP contribution in [-0.2, 0) is 6.18 Å². The van der Waals surface area contributed by atoms with Crippen LogP contribution in [0.5, 0.6) is 0 Å². The Labute approximate surface area is 186 Å². The molecular weight excluding hydrogens is 419 g/mol. The number of rotatable bonds is 7. The van der Waals surface area contributed by atoms with Gasteiger partial charge in [-0.2, -0.15) is 13.2 Å². The number of Topliss-reactive ketones (excluding diaryl/α,β-unsaturated/α-hetero) is 2. The molecule has 0 saturated carbocycles. The van der Waals surface area contributed by atoms with E-state index in [1.54, 1.807) is 6.07 Å². The van der Waals surface area contributed by atoms with Crippen LogP contribution in [0.25, 0.3) is 0 Å². The first-order valence-corrected chi connectivity index (χ1v) is 10.8. The summed E-state index contributed by atoms with van der Waals surface area (Å²) < 4.78 is 37.9. The molecule has 4 nitrogen and oxygen atoms in total. The van der Waals surface area contributed by atoms with Gasteiger partial charge in [0.15, 0.2) is 11.6 Å². The normalized spacial score (nSPS) is 16.7. The molecule has 3 rings (SSSR count). The summed E-state index contributed by atoms with van der Waals surface area (Å²) in [5.41, 5.74) is 0.735. The van der Waals surface area contributed by atoms with E-state index in [2.05, 4.69) is 4.90 Å². The first-order chi connectivity index (χ1) is 15.0. The van der Waals surface area contributed by atoms with Gasteiger partial charge >= 0.3 is 6.18 Å². The second-order valence-electron chi connectivity index (χ2n) is 8.60. The number of ketones is 2. The predicted octanol–water partition coefficient (Wildman–Crippen LogP) is 4.99. The quantitative estimate of drug-likeness (QED) is 0.608. The summed E-state index contributed by atoms with van der Waals surface area (Å²) in [6.45, 7) is 5.62. The van der Waals surface area contributed by atoms with E-state index in [-0.39, 0.29) is 23.6 Å². The number of aliphatic hydroxyl groups is 1. The highest BCUT2D eigenvalue weighted by molar-refractivity contribution is 6.02. The van der Waals surface area contributed by atoms with Crippen molar-refractivity contribution in [1.82, 2.24) is 4.90 Å². The first-order valence-electron chi connectivity index (χ1n) is 10.8. The first kappa shape index (κ1) is 24.1. The predicted molar refractivity (Wildman–Crippen MR) is 116 cm³/mol. The zero-order valence-electron chi connectivity index (χ0n) is 18.3. The molecule has 1 fully saturated rings. The molecule has 1 saturated heterocycles. The molecule has 1 aliphatic rings. The van der Waals surface area contributed by atoms with Crippen molar-refractivity contribution in [3.05, 3.63) is 70.3 Å². The Kier molecular flexibility index (Phi) is 7.20. The molecule has 0 spiro atoms. The number of hydrogen-bond donors (Lipinski definition) is 1. The molecule has 0 radical (unpaired) electrons. The van der Waals surface area contributed by atoms with Crippen LogP contribution in [0.15, 0.2) is 42.5 Å². The summed E-state index contributed by atoms with van der Waals surface area (Å²) in [4.78, 5) is 27.2. The molecule has 1 heterocycles. The van der Waals surface area contributed by atoms with Crippen molar-refractivity contribution in [2.75, 3.05) is 19.6 Å². The average Bonchev–Trinajstić information content (AvgIpc) is 2.76. The summed E-state index contributed by atoms with van der Waals surface area (Å²) in [5, 5.41) is 10.9. The van der Waals surface area contributed by atoms with Gasteiger partial charge in [0.05, 0.1) is 5.56 Å². The molecule has 2 aromatic carbocycles. The Balaban J connectivity index is 1.47. The molecule has 0 aromatic heterocycles. The van der Waals surface area contributed by atoms with Crippen LogP contribution in [0.2, 0.25) is 0 Å². The van der Waals surface area contributed by atoms with E-state index in [1.807, 2.05) is 26.0 Å². The molecule has 2 aromatic rings. The molecule has 7 heteroatoms. The molecule has 0 bridgehead atoms. The second kappa shape index (κ2) is 9.55. The Hall–Kier alpha value is -2.51. The number of alkyl halides is 3. The molecule has 32 heavy (non-hydrogen) atoms. The summed E-state index contributed by atoms with van der Waals surface area (Å²) in [6, 6.07) is 9.72. The van der Waals surface area contributed by atoms with Gasteiger partial charge in [-0.3, -0.25) is 9.59 Å². The maximum Gasteiger partial charge on any atom is 0.416 e. The van der Waals surface area contributed by atoms with Gasteiger partial charge in [-0.25, -0.2) is 0 Å². The Morgan fingerprint density at radius 1 is 0.969 bits per heavy atom. The lowest BCUT2D eigenvalue weighted by Gasteiger charge is -2.37. The van der Waals surface area contributed by atoms with Crippen LogP contribution in [0.3, 0.4) is 0 Å². The van der Waals surface area contributed by atoms with E-state index < -0.39 is 17.3 Å². The third-order valence-corrected chi connectivity index (χ3v) is 6.29. The Morgan fingerprint density at radius 3 is 2.12 bits per heavy atom. The minimum atomic E-state index is -4.42. The van der Waals surface area contributed by atoms with Crippen LogP contribution >= 0.6 is 0 Å². The van der Waals surface area contributed by atoms with E-state index in [4.69, 9.17) is 0 Å². The molecule has 1 aliphatic heterocycles. The van der Waals surface area contributed by atoms with Gasteiger partial charge in [0.25, 0.3) is 0 Å². The average molecular weight is 447 g/mol. The lowest BCUT2D eigenvalue weighted by molar-refractivity contribution is -0.137. The lowest BCUT2D eigenvalue weighted by Crippen LogP contribution is -2.49. The highest BCUT2D eigenvalue weighted by Crippen LogP contribution is 2.30. The van der Waals surface area contributed by atoms with Gasteiger partial charge in [-0.1, -0.05) is 24.3 Å². The SMILES string of the molecule is Cc1ccc(C(=O)C2(O)CCN(CCCC(=O)c3ccc(C(F)(F)F)cc3)CC2)cc1C. The standard InChI is InChI=1S/C25H28F3NO3/c1-17-5-6-20(16-18(17)2)23(31)24(32)11-14-29(15-12-24)13-3-4-22(30)19-7-9-21(10-8-19)25(26,27)28/h5-10,16,32H,3-4,11-15H2,1-2H3. The summed E-state index contributed by atoms with van der Waals surface area (Å²) in [7, 11) is 0. The number of aryl methyl sites for hydroxylation is 2. The number of piperidine rings is 1. The van der Waals surface area contributed by atoms with E-state index >= 15 is 0 Å². The topological polar surface area (TPSA) is 57.6 Å². The fourth-order valence-corrected chi connectivity index (χ4v) is 3.98. The number of benzene rings is 2. The molecule has 0 atom stereocenters. The van der Waals surface area contributed by atoms with Gasteiger partial charge in [-0.05, 0) is 69.0 Å². The Morgan fingerprint density at radius 2 is 1.56 bits per heavy atom. The molecule has 0 amide bonds. The highest BCUT2D eigenvalue weighted by Gasteiger charge is 2.39. The maximum absolute atomic E-state index is 12.9. The van der Waals surface area contributed by atoms with Crippen molar-refractivity contribution < 1.29 is 27.9 Å². The van der Waals surface area contributed by atoms with Crippen molar-refractivity contribution in [3.63, 3.8) is 0 Å². The van der Waals surface area contributed by atoms with Crippen molar-refractivity contribution in [3.8, 4) is 0 Å². The third-order valence-electron chi connectivity index (χ3n) is 6.29. The van der Waals surface area contributed by atoms with Crippen molar-refractivity contribution in [2.45, 2.75) is 51.3 Å². The highest BCUT2D eigenvalue weighted by atomic mass is 19.4. The van der Waals surface area contributed by atoms with Crippen molar-refractivity contribution in [1.29, 1.82) is 0 Å². The lowest BCUT2D eigenvalue weighted by atomic mass is 9.83. The van der Waals surface area contributed by atoms with E-state index in [0.717, 1.165) is 23.3 Å². The zero-order valence-corrected chi connectivity index (χ0v) is 18.3. The van der Waals surface area contributed by atoms with E-state index in [1.165, 1.54) is 12.1 Å². The molecule has 172 valence electrons. The fraction of sp³-hybridized carbons (Fsp3) is 0.440. The number of likely N-dealkylation sites (tertiary alicyclic amines) is 1. The summed E-state index contributed by atoms with van der Waals surface area (Å²) in [5.74, 6) is -0.449. The zero-order chi connectivity index (χ0) is 23.5. The molecular formula is C25H28F3NO3. The van der Waals surface area contributed by atoms with Crippen LogP contribution < -0.4 is 0 Å².